The molecule has 0 bridgehead atoms. The Kier molecular flexibility index (Phi) is 3.40. The standard InChI is InChI=1S/C15H16ClN3/c16-15-6-5-11(8-18-15)9-19-10-13(17)7-12-3-1-2-4-14(12)19/h1-6,8,13H,7,9-10,17H2. The van der Waals surface area contributed by atoms with Gasteiger partial charge in [0.2, 0.25) is 0 Å². The molecule has 3 rings (SSSR count). The number of benzene rings is 1. The number of hydrogen-bond acceptors (Lipinski definition) is 3. The fourth-order valence-corrected chi connectivity index (χ4v) is 2.70. The highest BCUT2D eigenvalue weighted by Crippen LogP contribution is 2.27. The first kappa shape index (κ1) is 12.5. The Morgan fingerprint density at radius 1 is 1.26 bits per heavy atom. The largest absolute Gasteiger partial charge is 0.365 e. The maximum absolute atomic E-state index is 6.14. The van der Waals surface area contributed by atoms with Gasteiger partial charge in [-0.3, -0.25) is 0 Å². The minimum atomic E-state index is 0.190. The molecule has 4 heteroatoms. The van der Waals surface area contributed by atoms with Crippen LogP contribution in [0.15, 0.2) is 42.6 Å². The van der Waals surface area contributed by atoms with Gasteiger partial charge < -0.3 is 10.6 Å². The van der Waals surface area contributed by atoms with Crippen LogP contribution in [0.4, 0.5) is 5.69 Å². The molecular formula is C15H16ClN3. The maximum atomic E-state index is 6.14. The molecule has 1 aliphatic rings. The van der Waals surface area contributed by atoms with E-state index in [0.29, 0.717) is 5.15 Å². The van der Waals surface area contributed by atoms with Gasteiger partial charge in [-0.2, -0.15) is 0 Å². The number of nitrogens with two attached hydrogens (primary N) is 1. The van der Waals surface area contributed by atoms with Crippen molar-refractivity contribution in [3.8, 4) is 0 Å². The van der Waals surface area contributed by atoms with E-state index < -0.39 is 0 Å². The number of para-hydroxylation sites is 1. The van der Waals surface area contributed by atoms with Crippen molar-refractivity contribution in [1.29, 1.82) is 0 Å². The first-order valence-corrected chi connectivity index (χ1v) is 6.79. The van der Waals surface area contributed by atoms with Crippen molar-refractivity contribution in [3.05, 3.63) is 58.9 Å². The van der Waals surface area contributed by atoms with Gasteiger partial charge in [0.1, 0.15) is 5.15 Å². The van der Waals surface area contributed by atoms with E-state index in [1.165, 1.54) is 11.3 Å². The molecule has 2 heterocycles. The number of hydrogen-bond donors (Lipinski definition) is 1. The molecule has 1 aliphatic heterocycles. The van der Waals surface area contributed by atoms with E-state index in [4.69, 9.17) is 17.3 Å². The molecule has 0 saturated carbocycles. The van der Waals surface area contributed by atoms with Crippen LogP contribution in [-0.2, 0) is 13.0 Å². The average molecular weight is 274 g/mol. The Morgan fingerprint density at radius 2 is 2.11 bits per heavy atom. The molecule has 3 nitrogen and oxygen atoms in total. The summed E-state index contributed by atoms with van der Waals surface area (Å²) in [7, 11) is 0. The lowest BCUT2D eigenvalue weighted by molar-refractivity contribution is 0.598. The molecule has 0 radical (unpaired) electrons. The molecule has 0 spiro atoms. The van der Waals surface area contributed by atoms with Crippen LogP contribution in [-0.4, -0.2) is 17.6 Å². The summed E-state index contributed by atoms with van der Waals surface area (Å²) in [4.78, 5) is 6.44. The summed E-state index contributed by atoms with van der Waals surface area (Å²) in [5.74, 6) is 0. The summed E-state index contributed by atoms with van der Waals surface area (Å²) >= 11 is 5.81. The summed E-state index contributed by atoms with van der Waals surface area (Å²) in [6, 6.07) is 12.5. The predicted octanol–water partition coefficient (Wildman–Crippen LogP) is 2.63. The molecule has 0 aliphatic carbocycles. The molecule has 2 N–H and O–H groups in total. The zero-order chi connectivity index (χ0) is 13.2. The van der Waals surface area contributed by atoms with E-state index in [1.54, 1.807) is 0 Å². The van der Waals surface area contributed by atoms with Crippen LogP contribution in [0.3, 0.4) is 0 Å². The molecule has 1 unspecified atom stereocenters. The van der Waals surface area contributed by atoms with Crippen molar-refractivity contribution in [3.63, 3.8) is 0 Å². The Hall–Kier alpha value is -1.58. The SMILES string of the molecule is NC1Cc2ccccc2N(Cc2ccc(Cl)nc2)C1. The van der Waals surface area contributed by atoms with Crippen LogP contribution in [0.1, 0.15) is 11.1 Å². The van der Waals surface area contributed by atoms with Crippen molar-refractivity contribution in [2.24, 2.45) is 5.73 Å². The predicted molar refractivity (Wildman–Crippen MR) is 78.4 cm³/mol. The number of rotatable bonds is 2. The third-order valence-corrected chi connectivity index (χ3v) is 3.65. The van der Waals surface area contributed by atoms with E-state index in [-0.39, 0.29) is 6.04 Å². The van der Waals surface area contributed by atoms with Crippen molar-refractivity contribution in [1.82, 2.24) is 4.98 Å². The number of anilines is 1. The summed E-state index contributed by atoms with van der Waals surface area (Å²) in [6.45, 7) is 1.69. The minimum absolute atomic E-state index is 0.190. The van der Waals surface area contributed by atoms with Gasteiger partial charge in [-0.15, -0.1) is 0 Å². The maximum Gasteiger partial charge on any atom is 0.129 e. The first-order chi connectivity index (χ1) is 9.22. The van der Waals surface area contributed by atoms with Gasteiger partial charge in [-0.1, -0.05) is 35.9 Å². The van der Waals surface area contributed by atoms with Crippen LogP contribution >= 0.6 is 11.6 Å². The van der Waals surface area contributed by atoms with Crippen LogP contribution in [0, 0.1) is 0 Å². The Bertz CT molecular complexity index is 568. The second kappa shape index (κ2) is 5.19. The zero-order valence-electron chi connectivity index (χ0n) is 10.6. The van der Waals surface area contributed by atoms with E-state index >= 15 is 0 Å². The lowest BCUT2D eigenvalue weighted by atomic mass is 9.98. The van der Waals surface area contributed by atoms with Gasteiger partial charge in [0.15, 0.2) is 0 Å². The number of aromatic nitrogens is 1. The summed E-state index contributed by atoms with van der Waals surface area (Å²) in [5.41, 5.74) is 9.89. The summed E-state index contributed by atoms with van der Waals surface area (Å²) in [6.07, 6.45) is 2.77. The lowest BCUT2D eigenvalue weighted by Gasteiger charge is -2.34. The molecule has 0 saturated heterocycles. The minimum Gasteiger partial charge on any atom is -0.365 e. The molecule has 1 atom stereocenters. The third kappa shape index (κ3) is 2.72. The van der Waals surface area contributed by atoms with E-state index in [1.807, 2.05) is 18.3 Å². The lowest BCUT2D eigenvalue weighted by Crippen LogP contribution is -2.42. The van der Waals surface area contributed by atoms with Gasteiger partial charge in [0.25, 0.3) is 0 Å². The number of pyridine rings is 1. The second-order valence-electron chi connectivity index (χ2n) is 4.96. The van der Waals surface area contributed by atoms with Gasteiger partial charge in [-0.25, -0.2) is 4.98 Å². The molecule has 2 aromatic rings. The highest BCUT2D eigenvalue weighted by atomic mass is 35.5. The zero-order valence-corrected chi connectivity index (χ0v) is 11.3. The first-order valence-electron chi connectivity index (χ1n) is 6.41. The van der Waals surface area contributed by atoms with Crippen molar-refractivity contribution < 1.29 is 0 Å². The Morgan fingerprint density at radius 3 is 2.89 bits per heavy atom. The Labute approximate surface area is 118 Å². The molecule has 0 amide bonds. The number of halogens is 1. The van der Waals surface area contributed by atoms with Crippen LogP contribution in [0.25, 0.3) is 0 Å². The van der Waals surface area contributed by atoms with Crippen LogP contribution < -0.4 is 10.6 Å². The fourth-order valence-electron chi connectivity index (χ4n) is 2.59. The summed E-state index contributed by atoms with van der Waals surface area (Å²) in [5, 5.41) is 0.527. The van der Waals surface area contributed by atoms with Gasteiger partial charge in [-0.05, 0) is 29.7 Å². The quantitative estimate of drug-likeness (QED) is 0.856. The average Bonchev–Trinajstić information content (AvgIpc) is 2.41. The highest BCUT2D eigenvalue weighted by molar-refractivity contribution is 6.29. The van der Waals surface area contributed by atoms with Crippen molar-refractivity contribution in [2.75, 3.05) is 11.4 Å². The number of nitrogens with zero attached hydrogens (tertiary/aromatic N) is 2. The molecule has 19 heavy (non-hydrogen) atoms. The number of fused-ring (bicyclic) bond motifs is 1. The van der Waals surface area contributed by atoms with E-state index in [0.717, 1.165) is 25.1 Å². The molecular weight excluding hydrogens is 258 g/mol. The van der Waals surface area contributed by atoms with Gasteiger partial charge in [0, 0.05) is 31.0 Å². The van der Waals surface area contributed by atoms with Gasteiger partial charge in [0.05, 0.1) is 0 Å². The normalized spacial score (nSPS) is 18.2. The van der Waals surface area contributed by atoms with E-state index in [2.05, 4.69) is 34.1 Å². The molecule has 0 fully saturated rings. The monoisotopic (exact) mass is 273 g/mol. The molecule has 1 aromatic heterocycles. The van der Waals surface area contributed by atoms with Crippen molar-refractivity contribution in [2.45, 2.75) is 19.0 Å². The van der Waals surface area contributed by atoms with Gasteiger partial charge >= 0.3 is 0 Å². The van der Waals surface area contributed by atoms with E-state index in [9.17, 15) is 0 Å². The smallest absolute Gasteiger partial charge is 0.129 e. The topological polar surface area (TPSA) is 42.1 Å². The second-order valence-corrected chi connectivity index (χ2v) is 5.35. The fraction of sp³-hybridized carbons (Fsp3) is 0.267. The van der Waals surface area contributed by atoms with Crippen LogP contribution in [0.5, 0.6) is 0 Å². The van der Waals surface area contributed by atoms with Crippen molar-refractivity contribution >= 4 is 17.3 Å². The third-order valence-electron chi connectivity index (χ3n) is 3.43. The molecule has 1 aromatic carbocycles. The Balaban J connectivity index is 1.86. The van der Waals surface area contributed by atoms with Crippen LogP contribution in [0.2, 0.25) is 5.15 Å². The highest BCUT2D eigenvalue weighted by Gasteiger charge is 2.21. The molecule has 98 valence electrons. The summed E-state index contributed by atoms with van der Waals surface area (Å²) < 4.78 is 0.